The second-order valence-electron chi connectivity index (χ2n) is 7.68. The van der Waals surface area contributed by atoms with Gasteiger partial charge in [-0.2, -0.15) is 10.4 Å². The van der Waals surface area contributed by atoms with Crippen molar-refractivity contribution in [3.8, 4) is 6.07 Å². The predicted molar refractivity (Wildman–Crippen MR) is 122 cm³/mol. The third-order valence-corrected chi connectivity index (χ3v) is 6.47. The smallest absolute Gasteiger partial charge is 0.407 e. The molecule has 3 heterocycles. The van der Waals surface area contributed by atoms with E-state index in [1.807, 2.05) is 20.0 Å². The number of hydrogen-bond acceptors (Lipinski definition) is 7. The molecule has 0 spiro atoms. The Bertz CT molecular complexity index is 1230. The van der Waals surface area contributed by atoms with Crippen LogP contribution in [0.4, 0.5) is 9.80 Å². The van der Waals surface area contributed by atoms with Gasteiger partial charge < -0.3 is 19.8 Å². The highest BCUT2D eigenvalue weighted by molar-refractivity contribution is 7.16. The van der Waals surface area contributed by atoms with Crippen LogP contribution in [-0.4, -0.2) is 27.9 Å². The molecule has 1 aliphatic rings. The van der Waals surface area contributed by atoms with E-state index < -0.39 is 6.09 Å². The van der Waals surface area contributed by atoms with Crippen molar-refractivity contribution in [3.63, 3.8) is 0 Å². The van der Waals surface area contributed by atoms with Gasteiger partial charge in [-0.05, 0) is 49.6 Å². The summed E-state index contributed by atoms with van der Waals surface area (Å²) in [5, 5.41) is 19.9. The maximum absolute atomic E-state index is 12.3. The van der Waals surface area contributed by atoms with E-state index in [0.29, 0.717) is 42.1 Å². The number of rotatable bonds is 6. The molecule has 170 valence electrons. The zero-order valence-corrected chi connectivity index (χ0v) is 19.1. The zero-order chi connectivity index (χ0) is 23.4. The second kappa shape index (κ2) is 9.75. The lowest BCUT2D eigenvalue weighted by atomic mass is 9.94. The first-order chi connectivity index (χ1) is 15.9. The third-order valence-electron chi connectivity index (χ3n) is 5.30. The summed E-state index contributed by atoms with van der Waals surface area (Å²) in [5.74, 6) is 0.215. The molecule has 1 aliphatic carbocycles. The van der Waals surface area contributed by atoms with E-state index in [9.17, 15) is 14.9 Å². The first-order valence-corrected chi connectivity index (χ1v) is 11.3. The minimum atomic E-state index is -0.490. The number of ether oxygens (including phenoxy) is 1. The number of hydrogen-bond donors (Lipinski definition) is 2. The van der Waals surface area contributed by atoms with Gasteiger partial charge in [-0.25, -0.2) is 4.79 Å². The number of amides is 2. The average molecular weight is 466 g/mol. The Hall–Kier alpha value is -3.84. The number of aromatic nitrogens is 2. The van der Waals surface area contributed by atoms with Crippen molar-refractivity contribution in [2.75, 3.05) is 5.32 Å². The van der Waals surface area contributed by atoms with Crippen molar-refractivity contribution in [1.82, 2.24) is 15.1 Å². The van der Waals surface area contributed by atoms with Gasteiger partial charge in [-0.1, -0.05) is 0 Å². The molecular formula is C23H23N5O4S. The van der Waals surface area contributed by atoms with Crippen LogP contribution < -0.4 is 10.6 Å². The number of carbonyl (C=O) groups is 2. The highest BCUT2D eigenvalue weighted by Crippen LogP contribution is 2.38. The molecule has 0 radical (unpaired) electrons. The van der Waals surface area contributed by atoms with Gasteiger partial charge in [0.15, 0.2) is 0 Å². The molecule has 4 rings (SSSR count). The van der Waals surface area contributed by atoms with E-state index in [1.54, 1.807) is 22.9 Å². The maximum atomic E-state index is 12.3. The molecule has 9 nitrogen and oxygen atoms in total. The van der Waals surface area contributed by atoms with E-state index in [-0.39, 0.29) is 12.0 Å². The van der Waals surface area contributed by atoms with E-state index in [4.69, 9.17) is 9.15 Å². The summed E-state index contributed by atoms with van der Waals surface area (Å²) < 4.78 is 12.5. The van der Waals surface area contributed by atoms with Crippen molar-refractivity contribution in [1.29, 1.82) is 5.26 Å². The Morgan fingerprint density at radius 3 is 3.03 bits per heavy atom. The molecular weight excluding hydrogens is 442 g/mol. The number of nitriles is 1. The number of alkyl carbamates (subject to hydrolysis) is 1. The van der Waals surface area contributed by atoms with Crippen LogP contribution in [-0.2, 0) is 36.0 Å². The lowest BCUT2D eigenvalue weighted by Gasteiger charge is -2.22. The van der Waals surface area contributed by atoms with Crippen molar-refractivity contribution in [2.24, 2.45) is 7.05 Å². The maximum Gasteiger partial charge on any atom is 0.407 e. The van der Waals surface area contributed by atoms with Gasteiger partial charge in [-0.3, -0.25) is 9.48 Å². The van der Waals surface area contributed by atoms with Crippen LogP contribution in [0.3, 0.4) is 0 Å². The lowest BCUT2D eigenvalue weighted by molar-refractivity contribution is -0.111. The monoisotopic (exact) mass is 465 g/mol. The van der Waals surface area contributed by atoms with Gasteiger partial charge in [-0.15, -0.1) is 11.3 Å². The van der Waals surface area contributed by atoms with Crippen LogP contribution in [0.5, 0.6) is 0 Å². The number of nitrogens with one attached hydrogen (secondary N) is 2. The number of nitrogens with zero attached hydrogens (tertiary/aromatic N) is 3. The van der Waals surface area contributed by atoms with Gasteiger partial charge in [0.1, 0.15) is 22.9 Å². The molecule has 3 aromatic heterocycles. The fourth-order valence-corrected chi connectivity index (χ4v) is 5.01. The van der Waals surface area contributed by atoms with Gasteiger partial charge >= 0.3 is 6.09 Å². The van der Waals surface area contributed by atoms with E-state index >= 15 is 0 Å². The van der Waals surface area contributed by atoms with Gasteiger partial charge in [0.05, 0.1) is 29.8 Å². The standard InChI is InChI=1S/C23H23N5O4S/c1-14-10-15(28(2)27-14)13-25-23(30)32-17-5-7-18-19(12-24)22(33-20(18)11-17)26-21(29)8-6-16-4-3-9-31-16/h3-4,6,8-10,17H,5,7,11,13H2,1-2H3,(H,25,30)(H,26,29). The summed E-state index contributed by atoms with van der Waals surface area (Å²) in [4.78, 5) is 25.5. The number of fused-ring (bicyclic) bond motifs is 1. The highest BCUT2D eigenvalue weighted by atomic mass is 32.1. The molecule has 10 heteroatoms. The Kier molecular flexibility index (Phi) is 6.60. The quantitative estimate of drug-likeness (QED) is 0.536. The molecule has 3 aromatic rings. The molecule has 0 aliphatic heterocycles. The van der Waals surface area contributed by atoms with Gasteiger partial charge in [0.25, 0.3) is 0 Å². The largest absolute Gasteiger partial charge is 0.465 e. The summed E-state index contributed by atoms with van der Waals surface area (Å²) in [6.45, 7) is 2.22. The molecule has 0 saturated heterocycles. The van der Waals surface area contributed by atoms with Crippen LogP contribution >= 0.6 is 11.3 Å². The Labute approximate surface area is 194 Å². The van der Waals surface area contributed by atoms with Crippen LogP contribution in [0, 0.1) is 18.3 Å². The molecule has 0 saturated carbocycles. The average Bonchev–Trinajstić information content (AvgIpc) is 3.49. The molecule has 1 unspecified atom stereocenters. The second-order valence-corrected chi connectivity index (χ2v) is 8.79. The summed E-state index contributed by atoms with van der Waals surface area (Å²) in [5.41, 5.74) is 3.16. The summed E-state index contributed by atoms with van der Waals surface area (Å²) in [7, 11) is 1.82. The molecule has 2 N–H and O–H groups in total. The van der Waals surface area contributed by atoms with Crippen molar-refractivity contribution < 1.29 is 18.7 Å². The number of carbonyl (C=O) groups excluding carboxylic acids is 2. The number of anilines is 1. The molecule has 1 atom stereocenters. The topological polar surface area (TPSA) is 122 Å². The number of aryl methyl sites for hydroxylation is 2. The first-order valence-electron chi connectivity index (χ1n) is 10.4. The van der Waals surface area contributed by atoms with E-state index in [2.05, 4.69) is 21.8 Å². The Morgan fingerprint density at radius 2 is 2.33 bits per heavy atom. The number of thiophene rings is 1. The SMILES string of the molecule is Cc1cc(CNC(=O)OC2CCc3c(sc(NC(=O)C=Cc4ccco4)c3C#N)C2)n(C)n1. The summed E-state index contributed by atoms with van der Waals surface area (Å²) in [6.07, 6.45) is 5.38. The number of furan rings is 1. The van der Waals surface area contributed by atoms with E-state index in [0.717, 1.165) is 21.8 Å². The minimum absolute atomic E-state index is 0.293. The molecule has 0 aromatic carbocycles. The predicted octanol–water partition coefficient (Wildman–Crippen LogP) is 3.69. The van der Waals surface area contributed by atoms with Crippen LogP contribution in [0.25, 0.3) is 6.08 Å². The van der Waals surface area contributed by atoms with Crippen molar-refractivity contribution in [3.05, 3.63) is 63.7 Å². The van der Waals surface area contributed by atoms with Crippen molar-refractivity contribution in [2.45, 2.75) is 38.8 Å². The Morgan fingerprint density at radius 1 is 1.48 bits per heavy atom. The Balaban J connectivity index is 1.36. The molecule has 2 amide bonds. The first kappa shape index (κ1) is 22.4. The van der Waals surface area contributed by atoms with Gasteiger partial charge in [0.2, 0.25) is 5.91 Å². The van der Waals surface area contributed by atoms with E-state index in [1.165, 1.54) is 23.7 Å². The summed E-state index contributed by atoms with van der Waals surface area (Å²) >= 11 is 1.35. The molecule has 0 bridgehead atoms. The van der Waals surface area contributed by atoms with Crippen LogP contribution in [0.2, 0.25) is 0 Å². The lowest BCUT2D eigenvalue weighted by Crippen LogP contribution is -2.32. The third kappa shape index (κ3) is 5.32. The summed E-state index contributed by atoms with van der Waals surface area (Å²) in [6, 6.07) is 7.58. The minimum Gasteiger partial charge on any atom is -0.465 e. The fraction of sp³-hybridized carbons (Fsp3) is 0.304. The highest BCUT2D eigenvalue weighted by Gasteiger charge is 2.28. The normalized spacial score (nSPS) is 15.1. The van der Waals surface area contributed by atoms with Crippen LogP contribution in [0.15, 0.2) is 35.0 Å². The van der Waals surface area contributed by atoms with Crippen molar-refractivity contribution >= 4 is 34.4 Å². The molecule has 33 heavy (non-hydrogen) atoms. The van der Waals surface area contributed by atoms with Crippen LogP contribution in [0.1, 0.15) is 39.6 Å². The fourth-order valence-electron chi connectivity index (χ4n) is 3.75. The zero-order valence-electron chi connectivity index (χ0n) is 18.3. The van der Waals surface area contributed by atoms with Gasteiger partial charge in [0, 0.05) is 24.4 Å². The molecule has 0 fully saturated rings.